The van der Waals surface area contributed by atoms with Gasteiger partial charge in [-0.25, -0.2) is 12.8 Å². The Labute approximate surface area is 206 Å². The van der Waals surface area contributed by atoms with E-state index >= 15 is 0 Å². The summed E-state index contributed by atoms with van der Waals surface area (Å²) in [6.45, 7) is 7.54. The molecule has 0 aliphatic carbocycles. The van der Waals surface area contributed by atoms with Gasteiger partial charge in [0.15, 0.2) is 0 Å². The van der Waals surface area contributed by atoms with Crippen molar-refractivity contribution in [2.75, 3.05) is 36.4 Å². The topological polar surface area (TPSA) is 69.7 Å². The molecule has 1 aliphatic rings. The first-order valence-electron chi connectivity index (χ1n) is 11.7. The van der Waals surface area contributed by atoms with Crippen LogP contribution in [0.25, 0.3) is 0 Å². The molecule has 0 spiro atoms. The number of sulfonamides is 1. The van der Waals surface area contributed by atoms with Gasteiger partial charge in [0.05, 0.1) is 0 Å². The molecule has 3 aromatic rings. The molecule has 1 aliphatic heterocycles. The molecule has 4 rings (SSSR count). The standard InChI is InChI=1S/C27H30FN3O3S/c1-4-21-9-5-6-10-24(21)29-27(32)22-12-13-23(28)26(18-22)35(33,34)31-16-14-30(15-17-31)25-11-7-8-19(2)20(25)3/h5-13,18H,4,14-17H2,1-3H3,(H,29,32). The monoisotopic (exact) mass is 495 g/mol. The van der Waals surface area contributed by atoms with Crippen molar-refractivity contribution >= 4 is 27.3 Å². The number of hydrogen-bond donors (Lipinski definition) is 1. The smallest absolute Gasteiger partial charge is 0.255 e. The molecule has 35 heavy (non-hydrogen) atoms. The quantitative estimate of drug-likeness (QED) is 0.535. The van der Waals surface area contributed by atoms with Crippen molar-refractivity contribution in [1.29, 1.82) is 0 Å². The average molecular weight is 496 g/mol. The van der Waals surface area contributed by atoms with Gasteiger partial charge >= 0.3 is 0 Å². The molecule has 0 atom stereocenters. The second-order valence-corrected chi connectivity index (χ2v) is 10.6. The van der Waals surface area contributed by atoms with Gasteiger partial charge in [0.2, 0.25) is 10.0 Å². The Balaban J connectivity index is 1.53. The molecular weight excluding hydrogens is 465 g/mol. The molecule has 0 radical (unpaired) electrons. The minimum atomic E-state index is -4.11. The molecule has 1 heterocycles. The minimum Gasteiger partial charge on any atom is -0.369 e. The van der Waals surface area contributed by atoms with Crippen molar-refractivity contribution in [3.05, 3.63) is 88.7 Å². The summed E-state index contributed by atoms with van der Waals surface area (Å²) in [5.41, 5.74) is 5.12. The van der Waals surface area contributed by atoms with Crippen LogP contribution < -0.4 is 10.2 Å². The molecular formula is C27H30FN3O3S. The fourth-order valence-corrected chi connectivity index (χ4v) is 5.89. The Morgan fingerprint density at radius 2 is 1.69 bits per heavy atom. The Morgan fingerprint density at radius 1 is 0.971 bits per heavy atom. The van der Waals surface area contributed by atoms with Gasteiger partial charge < -0.3 is 10.2 Å². The van der Waals surface area contributed by atoms with Gasteiger partial charge in [-0.05, 0) is 67.3 Å². The molecule has 0 saturated carbocycles. The van der Waals surface area contributed by atoms with Gasteiger partial charge in [0, 0.05) is 43.1 Å². The summed E-state index contributed by atoms with van der Waals surface area (Å²) in [6, 6.07) is 16.9. The van der Waals surface area contributed by atoms with Crippen molar-refractivity contribution in [3.63, 3.8) is 0 Å². The summed E-state index contributed by atoms with van der Waals surface area (Å²) >= 11 is 0. The highest BCUT2D eigenvalue weighted by molar-refractivity contribution is 7.89. The lowest BCUT2D eigenvalue weighted by Crippen LogP contribution is -2.49. The lowest BCUT2D eigenvalue weighted by Gasteiger charge is -2.36. The van der Waals surface area contributed by atoms with Gasteiger partial charge in [-0.3, -0.25) is 4.79 Å². The van der Waals surface area contributed by atoms with Gasteiger partial charge in [-0.15, -0.1) is 0 Å². The van der Waals surface area contributed by atoms with Crippen LogP contribution in [0.1, 0.15) is 34.0 Å². The molecule has 0 bridgehead atoms. The number of anilines is 2. The van der Waals surface area contributed by atoms with E-state index in [2.05, 4.69) is 17.1 Å². The van der Waals surface area contributed by atoms with Crippen molar-refractivity contribution < 1.29 is 17.6 Å². The van der Waals surface area contributed by atoms with Crippen molar-refractivity contribution in [3.8, 4) is 0 Å². The molecule has 1 N–H and O–H groups in total. The third kappa shape index (κ3) is 5.09. The first-order chi connectivity index (χ1) is 16.7. The van der Waals surface area contributed by atoms with E-state index in [1.54, 1.807) is 6.07 Å². The lowest BCUT2D eigenvalue weighted by molar-refractivity contribution is 0.102. The molecule has 1 saturated heterocycles. The summed E-state index contributed by atoms with van der Waals surface area (Å²) in [5, 5.41) is 2.81. The van der Waals surface area contributed by atoms with Gasteiger partial charge in [0.25, 0.3) is 5.91 Å². The van der Waals surface area contributed by atoms with Crippen LogP contribution in [0.3, 0.4) is 0 Å². The van der Waals surface area contributed by atoms with E-state index in [4.69, 9.17) is 0 Å². The van der Waals surface area contributed by atoms with Crippen LogP contribution >= 0.6 is 0 Å². The maximum absolute atomic E-state index is 14.7. The molecule has 0 aromatic heterocycles. The molecule has 8 heteroatoms. The molecule has 1 amide bonds. The zero-order chi connectivity index (χ0) is 25.2. The number of benzene rings is 3. The van der Waals surface area contributed by atoms with E-state index in [-0.39, 0.29) is 18.7 Å². The lowest BCUT2D eigenvalue weighted by atomic mass is 10.1. The van der Waals surface area contributed by atoms with Gasteiger partial charge in [0.1, 0.15) is 10.7 Å². The normalized spacial score (nSPS) is 14.7. The number of nitrogens with zero attached hydrogens (tertiary/aromatic N) is 2. The van der Waals surface area contributed by atoms with Crippen LogP contribution in [0.15, 0.2) is 65.6 Å². The zero-order valence-corrected chi connectivity index (χ0v) is 21.0. The van der Waals surface area contributed by atoms with E-state index in [1.807, 2.05) is 50.2 Å². The molecule has 1 fully saturated rings. The van der Waals surface area contributed by atoms with E-state index in [0.717, 1.165) is 29.8 Å². The van der Waals surface area contributed by atoms with Crippen LogP contribution in [0, 0.1) is 19.7 Å². The van der Waals surface area contributed by atoms with Crippen LogP contribution in [-0.2, 0) is 16.4 Å². The minimum absolute atomic E-state index is 0.0879. The average Bonchev–Trinajstić information content (AvgIpc) is 2.86. The van der Waals surface area contributed by atoms with E-state index in [1.165, 1.54) is 21.5 Å². The third-order valence-corrected chi connectivity index (χ3v) is 8.53. The Bertz CT molecular complexity index is 1350. The number of aryl methyl sites for hydroxylation is 2. The highest BCUT2D eigenvalue weighted by atomic mass is 32.2. The molecule has 3 aromatic carbocycles. The number of carbonyl (C=O) groups excluding carboxylic acids is 1. The maximum atomic E-state index is 14.7. The van der Waals surface area contributed by atoms with Crippen molar-refractivity contribution in [1.82, 2.24) is 4.31 Å². The number of nitrogens with one attached hydrogen (secondary N) is 1. The van der Waals surface area contributed by atoms with Crippen molar-refractivity contribution in [2.45, 2.75) is 32.1 Å². The van der Waals surface area contributed by atoms with E-state index in [0.29, 0.717) is 18.8 Å². The van der Waals surface area contributed by atoms with Crippen LogP contribution in [0.5, 0.6) is 0 Å². The Hall–Kier alpha value is -3.23. The Kier molecular flexibility index (Phi) is 7.23. The fourth-order valence-electron chi connectivity index (χ4n) is 4.37. The number of rotatable bonds is 6. The van der Waals surface area contributed by atoms with E-state index in [9.17, 15) is 17.6 Å². The number of hydrogen-bond acceptors (Lipinski definition) is 4. The van der Waals surface area contributed by atoms with E-state index < -0.39 is 26.6 Å². The largest absolute Gasteiger partial charge is 0.369 e. The molecule has 0 unspecified atom stereocenters. The Morgan fingerprint density at radius 3 is 2.40 bits per heavy atom. The fraction of sp³-hybridized carbons (Fsp3) is 0.296. The third-order valence-electron chi connectivity index (χ3n) is 6.61. The summed E-state index contributed by atoms with van der Waals surface area (Å²) in [4.78, 5) is 14.5. The predicted octanol–water partition coefficient (Wildman–Crippen LogP) is 4.77. The summed E-state index contributed by atoms with van der Waals surface area (Å²) in [5.74, 6) is -1.35. The van der Waals surface area contributed by atoms with Gasteiger partial charge in [-0.2, -0.15) is 4.31 Å². The van der Waals surface area contributed by atoms with Crippen LogP contribution in [0.4, 0.5) is 15.8 Å². The highest BCUT2D eigenvalue weighted by Crippen LogP contribution is 2.27. The second-order valence-electron chi connectivity index (χ2n) is 8.72. The van der Waals surface area contributed by atoms with Crippen LogP contribution in [0.2, 0.25) is 0 Å². The number of piperazine rings is 1. The second kappa shape index (κ2) is 10.2. The zero-order valence-electron chi connectivity index (χ0n) is 20.2. The summed E-state index contributed by atoms with van der Waals surface area (Å²) < 4.78 is 42.7. The van der Waals surface area contributed by atoms with Gasteiger partial charge in [-0.1, -0.05) is 37.3 Å². The maximum Gasteiger partial charge on any atom is 0.255 e. The predicted molar refractivity (Wildman–Crippen MR) is 137 cm³/mol. The number of halogens is 1. The number of para-hydroxylation sites is 1. The first kappa shape index (κ1) is 24.9. The SMILES string of the molecule is CCc1ccccc1NC(=O)c1ccc(F)c(S(=O)(=O)N2CCN(c3cccc(C)c3C)CC2)c1. The number of carbonyl (C=O) groups is 1. The van der Waals surface area contributed by atoms with Crippen LogP contribution in [-0.4, -0.2) is 44.8 Å². The first-order valence-corrected chi connectivity index (χ1v) is 13.2. The molecule has 184 valence electrons. The highest BCUT2D eigenvalue weighted by Gasteiger charge is 2.32. The number of amides is 1. The summed E-state index contributed by atoms with van der Waals surface area (Å²) in [6.07, 6.45) is 0.730. The summed E-state index contributed by atoms with van der Waals surface area (Å²) in [7, 11) is -4.11. The van der Waals surface area contributed by atoms with Crippen molar-refractivity contribution in [2.24, 2.45) is 0 Å². The molecule has 6 nitrogen and oxygen atoms in total.